The molecular formula is C18H22Cl2N2O3. The van der Waals surface area contributed by atoms with Gasteiger partial charge in [-0.05, 0) is 51.3 Å². The molecule has 5 nitrogen and oxygen atoms in total. The number of amides is 3. The van der Waals surface area contributed by atoms with E-state index < -0.39 is 17.6 Å². The molecule has 1 fully saturated rings. The molecule has 1 aliphatic heterocycles. The van der Waals surface area contributed by atoms with Gasteiger partial charge < -0.3 is 5.32 Å². The SMILES string of the molecule is CC(C)(C)NC(=O)N1C(=O)CC[C@H]1C(=O)CCc1ccc(Cl)cc1Cl. The van der Waals surface area contributed by atoms with Crippen molar-refractivity contribution in [1.29, 1.82) is 0 Å². The molecule has 1 atom stereocenters. The second-order valence-electron chi connectivity index (χ2n) is 7.20. The molecule has 25 heavy (non-hydrogen) atoms. The number of nitrogens with one attached hydrogen (secondary N) is 1. The van der Waals surface area contributed by atoms with E-state index in [2.05, 4.69) is 5.32 Å². The highest BCUT2D eigenvalue weighted by atomic mass is 35.5. The fraction of sp³-hybridized carbons (Fsp3) is 0.500. The number of nitrogens with zero attached hydrogens (tertiary/aromatic N) is 1. The molecular weight excluding hydrogens is 363 g/mol. The van der Waals surface area contributed by atoms with Crippen molar-refractivity contribution in [2.45, 2.75) is 58.0 Å². The number of hydrogen-bond acceptors (Lipinski definition) is 3. The molecule has 2 rings (SSSR count). The number of imide groups is 1. The van der Waals surface area contributed by atoms with Crippen LogP contribution in [0.15, 0.2) is 18.2 Å². The highest BCUT2D eigenvalue weighted by molar-refractivity contribution is 6.35. The van der Waals surface area contributed by atoms with Gasteiger partial charge in [-0.2, -0.15) is 0 Å². The van der Waals surface area contributed by atoms with Gasteiger partial charge >= 0.3 is 6.03 Å². The van der Waals surface area contributed by atoms with Crippen molar-refractivity contribution in [3.63, 3.8) is 0 Å². The minimum absolute atomic E-state index is 0.138. The van der Waals surface area contributed by atoms with Crippen LogP contribution in [0.2, 0.25) is 10.0 Å². The largest absolute Gasteiger partial charge is 0.333 e. The molecule has 0 radical (unpaired) electrons. The Morgan fingerprint density at radius 2 is 1.96 bits per heavy atom. The summed E-state index contributed by atoms with van der Waals surface area (Å²) in [5, 5.41) is 3.78. The zero-order chi connectivity index (χ0) is 18.8. The first-order valence-electron chi connectivity index (χ1n) is 8.19. The molecule has 1 aromatic rings. The number of carbonyl (C=O) groups is 3. The van der Waals surface area contributed by atoms with Gasteiger partial charge in [-0.3, -0.25) is 14.5 Å². The molecule has 0 aromatic heterocycles. The lowest BCUT2D eigenvalue weighted by atomic mass is 10.0. The average Bonchev–Trinajstić information content (AvgIpc) is 2.86. The maximum absolute atomic E-state index is 12.6. The third-order valence-corrected chi connectivity index (χ3v) is 4.53. The van der Waals surface area contributed by atoms with Gasteiger partial charge in [0.25, 0.3) is 0 Å². The van der Waals surface area contributed by atoms with Gasteiger partial charge in [-0.15, -0.1) is 0 Å². The molecule has 1 aromatic carbocycles. The minimum atomic E-state index is -0.707. The number of aryl methyl sites for hydroxylation is 1. The van der Waals surface area contributed by atoms with Gasteiger partial charge in [0.15, 0.2) is 5.78 Å². The maximum Gasteiger partial charge on any atom is 0.325 e. The highest BCUT2D eigenvalue weighted by Crippen LogP contribution is 2.25. The van der Waals surface area contributed by atoms with E-state index in [0.29, 0.717) is 22.9 Å². The smallest absolute Gasteiger partial charge is 0.325 e. The molecule has 0 unspecified atom stereocenters. The van der Waals surface area contributed by atoms with E-state index in [1.807, 2.05) is 20.8 Å². The Bertz CT molecular complexity index is 698. The van der Waals surface area contributed by atoms with Gasteiger partial charge in [0.05, 0.1) is 0 Å². The number of rotatable bonds is 4. The Kier molecular flexibility index (Phi) is 6.12. The first-order chi connectivity index (χ1) is 11.6. The van der Waals surface area contributed by atoms with Crippen LogP contribution in [0.3, 0.4) is 0 Å². The lowest BCUT2D eigenvalue weighted by molar-refractivity contribution is -0.131. The van der Waals surface area contributed by atoms with Crippen LogP contribution in [0.1, 0.15) is 45.6 Å². The Labute approximate surface area is 157 Å². The first-order valence-corrected chi connectivity index (χ1v) is 8.95. The summed E-state index contributed by atoms with van der Waals surface area (Å²) in [6.07, 6.45) is 1.21. The lowest BCUT2D eigenvalue weighted by Crippen LogP contribution is -2.53. The fourth-order valence-corrected chi connectivity index (χ4v) is 3.28. The molecule has 1 N–H and O–H groups in total. The van der Waals surface area contributed by atoms with Crippen molar-refractivity contribution >= 4 is 40.9 Å². The first kappa shape index (κ1) is 19.7. The molecule has 136 valence electrons. The van der Waals surface area contributed by atoms with Crippen LogP contribution in [0.4, 0.5) is 4.79 Å². The third kappa shape index (κ3) is 5.19. The van der Waals surface area contributed by atoms with Crippen molar-refractivity contribution in [1.82, 2.24) is 10.2 Å². The normalized spacial score (nSPS) is 17.7. The van der Waals surface area contributed by atoms with Gasteiger partial charge in [0.2, 0.25) is 5.91 Å². The van der Waals surface area contributed by atoms with Crippen LogP contribution in [0.5, 0.6) is 0 Å². The zero-order valence-corrected chi connectivity index (χ0v) is 16.1. The number of ketones is 1. The van der Waals surface area contributed by atoms with Crippen molar-refractivity contribution in [2.75, 3.05) is 0 Å². The molecule has 0 spiro atoms. The van der Waals surface area contributed by atoms with E-state index in [0.717, 1.165) is 10.5 Å². The number of benzene rings is 1. The predicted molar refractivity (Wildman–Crippen MR) is 97.9 cm³/mol. The average molecular weight is 385 g/mol. The van der Waals surface area contributed by atoms with E-state index >= 15 is 0 Å². The Morgan fingerprint density at radius 1 is 1.28 bits per heavy atom. The van der Waals surface area contributed by atoms with Crippen molar-refractivity contribution < 1.29 is 14.4 Å². The van der Waals surface area contributed by atoms with Crippen molar-refractivity contribution in [3.8, 4) is 0 Å². The number of halogens is 2. The number of carbonyl (C=O) groups excluding carboxylic acids is 3. The molecule has 1 saturated heterocycles. The number of likely N-dealkylation sites (tertiary alicyclic amines) is 1. The van der Waals surface area contributed by atoms with Gasteiger partial charge in [0.1, 0.15) is 6.04 Å². The van der Waals surface area contributed by atoms with E-state index in [4.69, 9.17) is 23.2 Å². The molecule has 1 aliphatic rings. The fourth-order valence-electron chi connectivity index (χ4n) is 2.77. The zero-order valence-electron chi connectivity index (χ0n) is 14.6. The topological polar surface area (TPSA) is 66.5 Å². The molecule has 3 amide bonds. The number of Topliss-reactive ketones (excluding diaryl/α,β-unsaturated/α-hetero) is 1. The molecule has 1 heterocycles. The van der Waals surface area contributed by atoms with Crippen LogP contribution < -0.4 is 5.32 Å². The predicted octanol–water partition coefficient (Wildman–Crippen LogP) is 3.99. The summed E-state index contributed by atoms with van der Waals surface area (Å²) in [5.41, 5.74) is 0.333. The Morgan fingerprint density at radius 3 is 2.56 bits per heavy atom. The summed E-state index contributed by atoms with van der Waals surface area (Å²) in [6.45, 7) is 5.47. The summed E-state index contributed by atoms with van der Waals surface area (Å²) in [4.78, 5) is 38.1. The summed E-state index contributed by atoms with van der Waals surface area (Å²) >= 11 is 12.0. The van der Waals surface area contributed by atoms with E-state index in [-0.39, 0.29) is 24.5 Å². The highest BCUT2D eigenvalue weighted by Gasteiger charge is 2.40. The summed E-state index contributed by atoms with van der Waals surface area (Å²) in [6, 6.07) is 3.90. The second-order valence-corrected chi connectivity index (χ2v) is 8.04. The van der Waals surface area contributed by atoms with Crippen LogP contribution in [-0.2, 0) is 16.0 Å². The summed E-state index contributed by atoms with van der Waals surface area (Å²) in [5.74, 6) is -0.453. The van der Waals surface area contributed by atoms with Crippen molar-refractivity contribution in [2.24, 2.45) is 0 Å². The summed E-state index contributed by atoms with van der Waals surface area (Å²) < 4.78 is 0. The summed E-state index contributed by atoms with van der Waals surface area (Å²) in [7, 11) is 0. The van der Waals surface area contributed by atoms with E-state index in [9.17, 15) is 14.4 Å². The molecule has 7 heteroatoms. The maximum atomic E-state index is 12.6. The van der Waals surface area contributed by atoms with E-state index in [1.54, 1.807) is 18.2 Å². The van der Waals surface area contributed by atoms with Gasteiger partial charge in [-0.1, -0.05) is 29.3 Å². The second kappa shape index (κ2) is 7.75. The van der Waals surface area contributed by atoms with Crippen LogP contribution in [-0.4, -0.2) is 34.2 Å². The standard InChI is InChI=1S/C18H22Cl2N2O3/c1-18(2,3)21-17(25)22-14(7-9-16(22)24)15(23)8-5-11-4-6-12(19)10-13(11)20/h4,6,10,14H,5,7-9H2,1-3H3,(H,21,25)/t14-/m0/s1. The quantitative estimate of drug-likeness (QED) is 0.852. The van der Waals surface area contributed by atoms with Gasteiger partial charge in [0, 0.05) is 28.4 Å². The number of hydrogen-bond donors (Lipinski definition) is 1. The third-order valence-electron chi connectivity index (χ3n) is 3.94. The van der Waals surface area contributed by atoms with Gasteiger partial charge in [-0.25, -0.2) is 4.79 Å². The van der Waals surface area contributed by atoms with Crippen LogP contribution in [0.25, 0.3) is 0 Å². The number of urea groups is 1. The Hall–Kier alpha value is -1.59. The molecule has 0 aliphatic carbocycles. The molecule has 0 saturated carbocycles. The van der Waals surface area contributed by atoms with Crippen molar-refractivity contribution in [3.05, 3.63) is 33.8 Å². The monoisotopic (exact) mass is 384 g/mol. The van der Waals surface area contributed by atoms with E-state index in [1.165, 1.54) is 0 Å². The van der Waals surface area contributed by atoms with Crippen LogP contribution >= 0.6 is 23.2 Å². The molecule has 0 bridgehead atoms. The lowest BCUT2D eigenvalue weighted by Gasteiger charge is -2.27. The minimum Gasteiger partial charge on any atom is -0.333 e. The Balaban J connectivity index is 2.04. The van der Waals surface area contributed by atoms with Crippen LogP contribution in [0, 0.1) is 0 Å².